The molecule has 0 aliphatic heterocycles. The average Bonchev–Trinajstić information content (AvgIpc) is 3.00. The Hall–Kier alpha value is -2.90. The Bertz CT molecular complexity index is 1060. The van der Waals surface area contributed by atoms with Crippen LogP contribution in [0, 0.1) is 5.41 Å². The molecular weight excluding hydrogens is 532 g/mol. The van der Waals surface area contributed by atoms with Gasteiger partial charge in [0.15, 0.2) is 0 Å². The molecule has 0 radical (unpaired) electrons. The number of aliphatic hydroxyl groups is 2. The highest BCUT2D eigenvalue weighted by Gasteiger charge is 2.33. The second-order valence-electron chi connectivity index (χ2n) is 11.7. The number of hydrogen-bond donors (Lipinski definition) is 3. The van der Waals surface area contributed by atoms with Crippen molar-refractivity contribution in [3.63, 3.8) is 0 Å². The average molecular weight is 585 g/mol. The van der Waals surface area contributed by atoms with Gasteiger partial charge in [0.2, 0.25) is 0 Å². The first-order valence-electron chi connectivity index (χ1n) is 15.7. The maximum Gasteiger partial charge on any atom is 0.335 e. The number of hydrogen-bond acceptors (Lipinski definition) is 6. The lowest BCUT2D eigenvalue weighted by Crippen LogP contribution is -2.37. The van der Waals surface area contributed by atoms with E-state index in [-0.39, 0.29) is 5.92 Å². The van der Waals surface area contributed by atoms with Crippen LogP contribution in [0.3, 0.4) is 0 Å². The van der Waals surface area contributed by atoms with Crippen molar-refractivity contribution in [2.24, 2.45) is 5.41 Å². The summed E-state index contributed by atoms with van der Waals surface area (Å²) in [6.45, 7) is 6.01. The quantitative estimate of drug-likeness (QED) is 0.0957. The monoisotopic (exact) mass is 584 g/mol. The Kier molecular flexibility index (Phi) is 16.2. The van der Waals surface area contributed by atoms with Gasteiger partial charge in [0.1, 0.15) is 11.2 Å². The zero-order valence-corrected chi connectivity index (χ0v) is 25.9. The fraction of sp³-hybridized carbons (Fsp3) is 0.600. The van der Waals surface area contributed by atoms with Crippen molar-refractivity contribution >= 4 is 11.9 Å². The van der Waals surface area contributed by atoms with Gasteiger partial charge < -0.3 is 24.8 Å². The van der Waals surface area contributed by atoms with Gasteiger partial charge in [0.25, 0.3) is 0 Å². The van der Waals surface area contributed by atoms with Crippen molar-refractivity contribution in [2.75, 3.05) is 26.4 Å². The first kappa shape index (κ1) is 35.3. The van der Waals surface area contributed by atoms with Crippen LogP contribution in [0.25, 0.3) is 11.1 Å². The molecule has 0 saturated heterocycles. The molecule has 2 aromatic carbocycles. The number of carbonyl (C=O) groups excluding carboxylic acids is 1. The van der Waals surface area contributed by atoms with Crippen LogP contribution in [0.2, 0.25) is 0 Å². The summed E-state index contributed by atoms with van der Waals surface area (Å²) >= 11 is 0. The molecule has 0 aliphatic rings. The van der Waals surface area contributed by atoms with E-state index in [1.165, 1.54) is 39.0 Å². The SMILES string of the molecule is CCCC(C)c1cc(C(=O)O)ccc1-c1ccc(OCCCCCCCCCCCCOC(=O)C(C)(CO)CO)cc1. The van der Waals surface area contributed by atoms with Crippen LogP contribution in [0.5, 0.6) is 5.75 Å². The van der Waals surface area contributed by atoms with Crippen LogP contribution in [0.1, 0.15) is 120 Å². The number of esters is 1. The van der Waals surface area contributed by atoms with Crippen LogP contribution < -0.4 is 4.74 Å². The normalized spacial score (nSPS) is 12.2. The van der Waals surface area contributed by atoms with Crippen molar-refractivity contribution in [3.05, 3.63) is 53.6 Å². The Morgan fingerprint density at radius 2 is 1.36 bits per heavy atom. The lowest BCUT2D eigenvalue weighted by Gasteiger charge is -2.22. The van der Waals surface area contributed by atoms with E-state index in [2.05, 4.69) is 26.0 Å². The standard InChI is InChI=1S/C35H52O7/c1-4-15-27(2)32-24-29(33(38)39)18-21-31(32)28-16-19-30(20-17-28)41-22-13-11-9-7-5-6-8-10-12-14-23-42-34(40)35(3,25-36)26-37/h16-21,24,27,36-37H,4-15,22-23,25-26H2,1-3H3,(H,38,39). The summed E-state index contributed by atoms with van der Waals surface area (Å²) in [5.41, 5.74) is 2.35. The second-order valence-corrected chi connectivity index (χ2v) is 11.7. The number of aliphatic hydroxyl groups excluding tert-OH is 2. The summed E-state index contributed by atoms with van der Waals surface area (Å²) in [4.78, 5) is 23.4. The molecule has 1 unspecified atom stereocenters. The number of aromatic carboxylic acids is 1. The van der Waals surface area contributed by atoms with E-state index in [4.69, 9.17) is 9.47 Å². The highest BCUT2D eigenvalue weighted by atomic mass is 16.5. The van der Waals surface area contributed by atoms with E-state index in [0.717, 1.165) is 67.4 Å². The van der Waals surface area contributed by atoms with Crippen LogP contribution in [0.4, 0.5) is 0 Å². The third kappa shape index (κ3) is 11.8. The molecule has 42 heavy (non-hydrogen) atoms. The third-order valence-electron chi connectivity index (χ3n) is 7.95. The molecule has 0 amide bonds. The Morgan fingerprint density at radius 3 is 1.88 bits per heavy atom. The zero-order chi connectivity index (χ0) is 30.8. The van der Waals surface area contributed by atoms with Crippen LogP contribution in [-0.2, 0) is 9.53 Å². The molecule has 7 nitrogen and oxygen atoms in total. The molecule has 1 atom stereocenters. The minimum Gasteiger partial charge on any atom is -0.494 e. The van der Waals surface area contributed by atoms with E-state index in [1.807, 2.05) is 24.3 Å². The summed E-state index contributed by atoms with van der Waals surface area (Å²) in [6.07, 6.45) is 13.2. The van der Waals surface area contributed by atoms with Crippen LogP contribution in [-0.4, -0.2) is 53.7 Å². The van der Waals surface area contributed by atoms with E-state index in [0.29, 0.717) is 18.8 Å². The van der Waals surface area contributed by atoms with Gasteiger partial charge in [0, 0.05) is 0 Å². The van der Waals surface area contributed by atoms with Gasteiger partial charge in [0.05, 0.1) is 32.0 Å². The minimum absolute atomic E-state index is 0.285. The minimum atomic E-state index is -1.21. The van der Waals surface area contributed by atoms with Gasteiger partial charge in [-0.3, -0.25) is 4.79 Å². The zero-order valence-electron chi connectivity index (χ0n) is 25.9. The lowest BCUT2D eigenvalue weighted by atomic mass is 9.88. The van der Waals surface area contributed by atoms with Gasteiger partial charge in [-0.15, -0.1) is 0 Å². The molecule has 0 spiro atoms. The van der Waals surface area contributed by atoms with Crippen LogP contribution >= 0.6 is 0 Å². The number of carboxylic acids is 1. The van der Waals surface area contributed by atoms with Crippen molar-refractivity contribution in [1.82, 2.24) is 0 Å². The van der Waals surface area contributed by atoms with Gasteiger partial charge in [-0.1, -0.05) is 89.8 Å². The smallest absolute Gasteiger partial charge is 0.335 e. The summed E-state index contributed by atoms with van der Waals surface area (Å²) in [6, 6.07) is 13.5. The first-order chi connectivity index (χ1) is 20.3. The number of carboxylic acid groups (broad SMARTS) is 1. The van der Waals surface area contributed by atoms with Crippen molar-refractivity contribution in [2.45, 2.75) is 104 Å². The maximum atomic E-state index is 11.9. The summed E-state index contributed by atoms with van der Waals surface area (Å²) in [5.74, 6) is -0.292. The lowest BCUT2D eigenvalue weighted by molar-refractivity contribution is -0.160. The summed E-state index contributed by atoms with van der Waals surface area (Å²) in [5, 5.41) is 27.9. The molecule has 3 N–H and O–H groups in total. The Morgan fingerprint density at radius 1 is 0.810 bits per heavy atom. The molecule has 0 saturated carbocycles. The van der Waals surface area contributed by atoms with Crippen molar-refractivity contribution in [3.8, 4) is 16.9 Å². The first-order valence-corrected chi connectivity index (χ1v) is 15.7. The molecule has 0 aliphatic carbocycles. The number of ether oxygens (including phenoxy) is 2. The molecule has 0 bridgehead atoms. The molecule has 0 heterocycles. The Labute approximate surface area is 252 Å². The van der Waals surface area contributed by atoms with E-state index in [1.54, 1.807) is 6.07 Å². The van der Waals surface area contributed by atoms with Crippen LogP contribution in [0.15, 0.2) is 42.5 Å². The molecular formula is C35H52O7. The van der Waals surface area contributed by atoms with E-state index >= 15 is 0 Å². The summed E-state index contributed by atoms with van der Waals surface area (Å²) in [7, 11) is 0. The second kappa shape index (κ2) is 19.3. The predicted molar refractivity (Wildman–Crippen MR) is 167 cm³/mol. The van der Waals surface area contributed by atoms with E-state index < -0.39 is 30.6 Å². The van der Waals surface area contributed by atoms with Gasteiger partial charge >= 0.3 is 11.9 Å². The highest BCUT2D eigenvalue weighted by Crippen LogP contribution is 2.33. The number of benzene rings is 2. The van der Waals surface area contributed by atoms with Crippen molar-refractivity contribution < 1.29 is 34.4 Å². The van der Waals surface area contributed by atoms with E-state index in [9.17, 15) is 24.9 Å². The molecule has 2 rings (SSSR count). The molecule has 7 heteroatoms. The Balaban J connectivity index is 1.58. The van der Waals surface area contributed by atoms with Gasteiger partial charge in [-0.05, 0) is 73.1 Å². The number of unbranched alkanes of at least 4 members (excludes halogenated alkanes) is 9. The highest BCUT2D eigenvalue weighted by molar-refractivity contribution is 5.89. The molecule has 234 valence electrons. The van der Waals surface area contributed by atoms with Gasteiger partial charge in [-0.25, -0.2) is 4.79 Å². The van der Waals surface area contributed by atoms with Crippen molar-refractivity contribution in [1.29, 1.82) is 0 Å². The molecule has 0 fully saturated rings. The maximum absolute atomic E-state index is 11.9. The summed E-state index contributed by atoms with van der Waals surface area (Å²) < 4.78 is 11.1. The number of carbonyl (C=O) groups is 2. The topological polar surface area (TPSA) is 113 Å². The fourth-order valence-corrected chi connectivity index (χ4v) is 5.01. The number of rotatable bonds is 22. The van der Waals surface area contributed by atoms with Gasteiger partial charge in [-0.2, -0.15) is 0 Å². The largest absolute Gasteiger partial charge is 0.494 e. The predicted octanol–water partition coefficient (Wildman–Crippen LogP) is 7.77. The third-order valence-corrected chi connectivity index (χ3v) is 7.95. The fourth-order valence-electron chi connectivity index (χ4n) is 5.01. The molecule has 2 aromatic rings. The molecule has 0 aromatic heterocycles.